The number of carbonyl (C=O) groups excluding carboxylic acids is 1. The van der Waals surface area contributed by atoms with Crippen LogP contribution in [-0.2, 0) is 0 Å². The number of nitrogens with zero attached hydrogens (tertiary/aromatic N) is 3. The summed E-state index contributed by atoms with van der Waals surface area (Å²) in [4.78, 5) is 17.6. The molecule has 0 bridgehead atoms. The summed E-state index contributed by atoms with van der Waals surface area (Å²) in [6.07, 6.45) is 2.58. The zero-order chi connectivity index (χ0) is 12.5. The lowest BCUT2D eigenvalue weighted by molar-refractivity contribution is 0.112. The summed E-state index contributed by atoms with van der Waals surface area (Å²) in [5.41, 5.74) is 1.53. The standard InChI is InChI=1S/C12H12ClN3OS/c13-11-10-2-1-9(7-17)12(16(10)8-14-11)15-3-5-18-6-4-15/h1-2,7-8H,3-6H2. The largest absolute Gasteiger partial charge is 0.355 e. The molecule has 0 aliphatic carbocycles. The van der Waals surface area contributed by atoms with E-state index in [0.29, 0.717) is 10.7 Å². The first-order valence-electron chi connectivity index (χ1n) is 5.74. The SMILES string of the molecule is O=Cc1ccc2c(Cl)ncn2c1N1CCSCC1. The van der Waals surface area contributed by atoms with Crippen LogP contribution in [0.4, 0.5) is 5.82 Å². The highest BCUT2D eigenvalue weighted by Crippen LogP contribution is 2.27. The average molecular weight is 282 g/mol. The number of imidazole rings is 1. The number of rotatable bonds is 2. The molecule has 18 heavy (non-hydrogen) atoms. The highest BCUT2D eigenvalue weighted by atomic mass is 35.5. The van der Waals surface area contributed by atoms with Crippen LogP contribution in [0.15, 0.2) is 18.5 Å². The predicted octanol–water partition coefficient (Wildman–Crippen LogP) is 2.35. The molecule has 0 N–H and O–H groups in total. The van der Waals surface area contributed by atoms with E-state index in [1.54, 1.807) is 6.33 Å². The number of halogens is 1. The highest BCUT2D eigenvalue weighted by Gasteiger charge is 2.18. The molecule has 2 aromatic heterocycles. The Morgan fingerprint density at radius 2 is 2.11 bits per heavy atom. The Morgan fingerprint density at radius 1 is 1.33 bits per heavy atom. The molecule has 94 valence electrons. The molecule has 3 heterocycles. The molecule has 0 amide bonds. The van der Waals surface area contributed by atoms with E-state index in [9.17, 15) is 4.79 Å². The molecule has 2 aromatic rings. The first-order chi connectivity index (χ1) is 8.81. The fourth-order valence-corrected chi connectivity index (χ4v) is 3.34. The van der Waals surface area contributed by atoms with Crippen molar-refractivity contribution in [1.29, 1.82) is 0 Å². The van der Waals surface area contributed by atoms with Crippen molar-refractivity contribution in [3.63, 3.8) is 0 Å². The molecule has 0 saturated carbocycles. The molecule has 0 radical (unpaired) electrons. The van der Waals surface area contributed by atoms with Crippen LogP contribution in [-0.4, -0.2) is 40.3 Å². The zero-order valence-corrected chi connectivity index (χ0v) is 11.2. The summed E-state index contributed by atoms with van der Waals surface area (Å²) >= 11 is 7.97. The second-order valence-electron chi connectivity index (χ2n) is 4.12. The van der Waals surface area contributed by atoms with Gasteiger partial charge in [0.2, 0.25) is 0 Å². The van der Waals surface area contributed by atoms with E-state index in [0.717, 1.165) is 42.2 Å². The summed E-state index contributed by atoms with van der Waals surface area (Å²) in [6, 6.07) is 3.65. The van der Waals surface area contributed by atoms with Crippen molar-refractivity contribution in [2.24, 2.45) is 0 Å². The number of anilines is 1. The van der Waals surface area contributed by atoms with Gasteiger partial charge in [-0.25, -0.2) is 4.98 Å². The lowest BCUT2D eigenvalue weighted by Gasteiger charge is -2.30. The molecule has 0 unspecified atom stereocenters. The van der Waals surface area contributed by atoms with E-state index in [1.807, 2.05) is 28.3 Å². The van der Waals surface area contributed by atoms with Crippen LogP contribution in [0.1, 0.15) is 10.4 Å². The third-order valence-electron chi connectivity index (χ3n) is 3.10. The number of hydrogen-bond donors (Lipinski definition) is 0. The second kappa shape index (κ2) is 4.82. The molecule has 6 heteroatoms. The molecular formula is C12H12ClN3OS. The van der Waals surface area contributed by atoms with E-state index in [-0.39, 0.29) is 0 Å². The van der Waals surface area contributed by atoms with Gasteiger partial charge in [-0.1, -0.05) is 11.6 Å². The molecule has 1 aliphatic heterocycles. The van der Waals surface area contributed by atoms with Gasteiger partial charge in [-0.2, -0.15) is 11.8 Å². The van der Waals surface area contributed by atoms with Gasteiger partial charge in [0, 0.05) is 24.6 Å². The fraction of sp³-hybridized carbons (Fsp3) is 0.333. The summed E-state index contributed by atoms with van der Waals surface area (Å²) in [5, 5.41) is 0.472. The van der Waals surface area contributed by atoms with Crippen molar-refractivity contribution in [2.45, 2.75) is 0 Å². The van der Waals surface area contributed by atoms with Crippen LogP contribution >= 0.6 is 23.4 Å². The Hall–Kier alpha value is -1.20. The van der Waals surface area contributed by atoms with Gasteiger partial charge in [0.25, 0.3) is 0 Å². The van der Waals surface area contributed by atoms with Gasteiger partial charge in [0.15, 0.2) is 11.4 Å². The van der Waals surface area contributed by atoms with Crippen LogP contribution in [0.5, 0.6) is 0 Å². The van der Waals surface area contributed by atoms with Crippen LogP contribution < -0.4 is 4.90 Å². The van der Waals surface area contributed by atoms with Gasteiger partial charge in [-0.05, 0) is 12.1 Å². The van der Waals surface area contributed by atoms with E-state index in [2.05, 4.69) is 9.88 Å². The minimum Gasteiger partial charge on any atom is -0.355 e. The van der Waals surface area contributed by atoms with Crippen molar-refractivity contribution in [1.82, 2.24) is 9.38 Å². The smallest absolute Gasteiger partial charge is 0.154 e. The minimum absolute atomic E-state index is 0.472. The molecule has 0 spiro atoms. The van der Waals surface area contributed by atoms with Crippen molar-refractivity contribution < 1.29 is 4.79 Å². The number of fused-ring (bicyclic) bond motifs is 1. The van der Waals surface area contributed by atoms with Gasteiger partial charge in [-0.15, -0.1) is 0 Å². The van der Waals surface area contributed by atoms with Crippen LogP contribution in [0.3, 0.4) is 0 Å². The zero-order valence-electron chi connectivity index (χ0n) is 9.67. The van der Waals surface area contributed by atoms with Crippen molar-refractivity contribution >= 4 is 41.0 Å². The fourth-order valence-electron chi connectivity index (χ4n) is 2.24. The van der Waals surface area contributed by atoms with Gasteiger partial charge in [0.05, 0.1) is 11.1 Å². The van der Waals surface area contributed by atoms with Crippen LogP contribution in [0.2, 0.25) is 5.15 Å². The second-order valence-corrected chi connectivity index (χ2v) is 5.70. The first kappa shape index (κ1) is 11.9. The third-order valence-corrected chi connectivity index (χ3v) is 4.34. The quantitative estimate of drug-likeness (QED) is 0.792. The molecule has 4 nitrogen and oxygen atoms in total. The Balaban J connectivity index is 2.19. The number of carbonyl (C=O) groups is 1. The molecule has 1 fully saturated rings. The Kier molecular flexibility index (Phi) is 3.18. The molecule has 0 atom stereocenters. The maximum absolute atomic E-state index is 11.2. The van der Waals surface area contributed by atoms with Gasteiger partial charge in [0.1, 0.15) is 12.1 Å². The van der Waals surface area contributed by atoms with Gasteiger partial charge in [-0.3, -0.25) is 9.20 Å². The number of aldehydes is 1. The van der Waals surface area contributed by atoms with Gasteiger partial charge < -0.3 is 4.90 Å². The van der Waals surface area contributed by atoms with Crippen molar-refractivity contribution in [3.05, 3.63) is 29.2 Å². The van der Waals surface area contributed by atoms with Crippen molar-refractivity contribution in [3.8, 4) is 0 Å². The number of pyridine rings is 1. The first-order valence-corrected chi connectivity index (χ1v) is 7.28. The lowest BCUT2D eigenvalue weighted by atomic mass is 10.2. The third kappa shape index (κ3) is 1.87. The Bertz CT molecular complexity index is 592. The number of aromatic nitrogens is 2. The maximum atomic E-state index is 11.2. The predicted molar refractivity (Wildman–Crippen MR) is 75.1 cm³/mol. The normalized spacial score (nSPS) is 16.2. The lowest BCUT2D eigenvalue weighted by Crippen LogP contribution is -2.34. The summed E-state index contributed by atoms with van der Waals surface area (Å²) in [7, 11) is 0. The van der Waals surface area contributed by atoms with Gasteiger partial charge >= 0.3 is 0 Å². The Labute approximate surface area is 114 Å². The Morgan fingerprint density at radius 3 is 2.83 bits per heavy atom. The molecular weight excluding hydrogens is 270 g/mol. The molecule has 1 saturated heterocycles. The van der Waals surface area contributed by atoms with E-state index < -0.39 is 0 Å². The summed E-state index contributed by atoms with van der Waals surface area (Å²) < 4.78 is 1.90. The topological polar surface area (TPSA) is 37.6 Å². The molecule has 0 aromatic carbocycles. The van der Waals surface area contributed by atoms with Crippen LogP contribution in [0, 0.1) is 0 Å². The molecule has 3 rings (SSSR count). The minimum atomic E-state index is 0.472. The van der Waals surface area contributed by atoms with E-state index in [4.69, 9.17) is 11.6 Å². The number of hydrogen-bond acceptors (Lipinski definition) is 4. The number of thioether (sulfide) groups is 1. The molecule has 1 aliphatic rings. The van der Waals surface area contributed by atoms with E-state index >= 15 is 0 Å². The van der Waals surface area contributed by atoms with E-state index in [1.165, 1.54) is 0 Å². The summed E-state index contributed by atoms with van der Waals surface area (Å²) in [5.74, 6) is 3.07. The summed E-state index contributed by atoms with van der Waals surface area (Å²) in [6.45, 7) is 1.89. The van der Waals surface area contributed by atoms with Crippen molar-refractivity contribution in [2.75, 3.05) is 29.5 Å². The average Bonchev–Trinajstić information content (AvgIpc) is 2.80. The highest BCUT2D eigenvalue weighted by molar-refractivity contribution is 7.99. The maximum Gasteiger partial charge on any atom is 0.154 e. The monoisotopic (exact) mass is 281 g/mol. The van der Waals surface area contributed by atoms with Crippen LogP contribution in [0.25, 0.3) is 5.52 Å².